The summed E-state index contributed by atoms with van der Waals surface area (Å²) in [6.45, 7) is 12.3. The number of amides is 3. The number of halogens is 1. The van der Waals surface area contributed by atoms with Gasteiger partial charge in [-0.2, -0.15) is 10.1 Å². The molecule has 4 unspecified atom stereocenters. The highest BCUT2D eigenvalue weighted by molar-refractivity contribution is 7.92. The van der Waals surface area contributed by atoms with Crippen LogP contribution < -0.4 is 20.1 Å². The number of aromatic nitrogens is 5. The summed E-state index contributed by atoms with van der Waals surface area (Å²) in [5.74, 6) is -1.61. The summed E-state index contributed by atoms with van der Waals surface area (Å²) in [6.07, 6.45) is 0.469. The van der Waals surface area contributed by atoms with Crippen LogP contribution in [0.5, 0.6) is 5.88 Å². The molecule has 0 radical (unpaired) electrons. The minimum atomic E-state index is -4.18. The zero-order chi connectivity index (χ0) is 52.6. The van der Waals surface area contributed by atoms with Crippen LogP contribution in [0.15, 0.2) is 83.3 Å². The zero-order valence-corrected chi connectivity index (χ0v) is 43.4. The molecule has 3 aromatic carbocycles. The number of likely N-dealkylation sites (tertiary alicyclic amines) is 1. The molecule has 20 nitrogen and oxygen atoms in total. The van der Waals surface area contributed by atoms with Crippen molar-refractivity contribution in [2.24, 2.45) is 5.41 Å². The number of aliphatic hydroxyl groups is 1. The van der Waals surface area contributed by atoms with Crippen LogP contribution in [-0.4, -0.2) is 156 Å². The van der Waals surface area contributed by atoms with E-state index < -0.39 is 56.2 Å². The standard InChI is InChI=1S/C51H61FN10O10S2/c1-31-6-15-40(52)42(22-31)74(67,68)60-36-13-11-35(12-14-36)46-57-47-39(25-55-59-47)49(58-46)72-28-38-27-61(17-19-71-38)16-18-69-20-21-70-29-43(64)56-45(51(3,4)5)50(66)62-26-37(63)23-41(62)48(65)53-24-33-7-9-34(10-8-33)44-32(2)54-30-73-44/h6-15,22,25,30,37-38,41,45,60,63H,16-21,23-24,26-29H2,1-5H3,(H,53,65)(H,56,64)(H,55,57,58,59). The van der Waals surface area contributed by atoms with E-state index in [0.29, 0.717) is 60.8 Å². The van der Waals surface area contributed by atoms with Gasteiger partial charge in [-0.25, -0.2) is 22.8 Å². The SMILES string of the molecule is Cc1ccc(F)c(S(=O)(=O)Nc2ccc(-c3nc(OCC4CN(CCOCCOCC(=O)NC(C(=O)N5CC(O)CC5C(=O)NCc5ccc(-c6scnc6C)cc5)C(C)(C)C)CCO4)c4cn[nH]c4n3)cc2)c1. The smallest absolute Gasteiger partial charge is 0.264 e. The van der Waals surface area contributed by atoms with Gasteiger partial charge in [-0.3, -0.25) is 29.1 Å². The highest BCUT2D eigenvalue weighted by Gasteiger charge is 2.44. The number of sulfonamides is 1. The molecule has 0 aliphatic carbocycles. The predicted octanol–water partition coefficient (Wildman–Crippen LogP) is 4.62. The molecule has 394 valence electrons. The lowest BCUT2D eigenvalue weighted by Crippen LogP contribution is -2.58. The maximum absolute atomic E-state index is 14.4. The summed E-state index contributed by atoms with van der Waals surface area (Å²) >= 11 is 1.56. The summed E-state index contributed by atoms with van der Waals surface area (Å²) < 4.78 is 66.3. The number of carbonyl (C=O) groups is 3. The third-order valence-electron chi connectivity index (χ3n) is 12.5. The zero-order valence-electron chi connectivity index (χ0n) is 41.8. The number of nitrogens with zero attached hydrogens (tertiary/aromatic N) is 6. The second-order valence-corrected chi connectivity index (χ2v) is 21.8. The maximum atomic E-state index is 14.4. The van der Waals surface area contributed by atoms with Crippen molar-refractivity contribution in [3.63, 3.8) is 0 Å². The molecule has 0 bridgehead atoms. The van der Waals surface area contributed by atoms with E-state index in [-0.39, 0.29) is 69.5 Å². The number of morpholine rings is 1. The van der Waals surface area contributed by atoms with Gasteiger partial charge in [0.05, 0.1) is 54.8 Å². The summed E-state index contributed by atoms with van der Waals surface area (Å²) in [5.41, 5.74) is 5.79. The Balaban J connectivity index is 0.747. The van der Waals surface area contributed by atoms with E-state index >= 15 is 0 Å². The van der Waals surface area contributed by atoms with Crippen molar-refractivity contribution in [1.82, 2.24) is 45.6 Å². The second-order valence-electron chi connectivity index (χ2n) is 19.3. The van der Waals surface area contributed by atoms with Gasteiger partial charge in [0.15, 0.2) is 11.5 Å². The molecule has 3 amide bonds. The van der Waals surface area contributed by atoms with Gasteiger partial charge < -0.3 is 39.6 Å². The van der Waals surface area contributed by atoms with E-state index in [9.17, 15) is 32.3 Å². The number of aliphatic hydroxyl groups excluding tert-OH is 1. The Hall–Kier alpha value is -6.47. The number of rotatable bonds is 21. The van der Waals surface area contributed by atoms with Crippen LogP contribution in [0.25, 0.3) is 32.9 Å². The highest BCUT2D eigenvalue weighted by Crippen LogP contribution is 2.30. The fraction of sp³-hybridized carbons (Fsp3) is 0.431. The first-order chi connectivity index (χ1) is 35.4. The Kier molecular flexibility index (Phi) is 17.3. The molecule has 4 atom stereocenters. The van der Waals surface area contributed by atoms with Gasteiger partial charge in [-0.15, -0.1) is 11.3 Å². The number of fused-ring (bicyclic) bond motifs is 1. The maximum Gasteiger partial charge on any atom is 0.264 e. The molecule has 2 aliphatic rings. The van der Waals surface area contributed by atoms with Gasteiger partial charge in [0.25, 0.3) is 10.0 Å². The fourth-order valence-electron chi connectivity index (χ4n) is 8.58. The Labute approximate surface area is 432 Å². The van der Waals surface area contributed by atoms with E-state index in [1.165, 1.54) is 29.2 Å². The highest BCUT2D eigenvalue weighted by atomic mass is 32.2. The van der Waals surface area contributed by atoms with Crippen molar-refractivity contribution >= 4 is 55.8 Å². The van der Waals surface area contributed by atoms with Crippen LogP contribution in [0, 0.1) is 25.1 Å². The molecule has 5 heterocycles. The van der Waals surface area contributed by atoms with Crippen LogP contribution >= 0.6 is 11.3 Å². The molecular weight excluding hydrogens is 996 g/mol. The number of ether oxygens (including phenoxy) is 4. The number of hydrogen-bond donors (Lipinski definition) is 5. The summed E-state index contributed by atoms with van der Waals surface area (Å²) in [4.78, 5) is 58.3. The van der Waals surface area contributed by atoms with E-state index in [4.69, 9.17) is 18.9 Å². The van der Waals surface area contributed by atoms with Crippen LogP contribution in [0.3, 0.4) is 0 Å². The second kappa shape index (κ2) is 23.8. The fourth-order valence-corrected chi connectivity index (χ4v) is 10.6. The number of H-pyrrole nitrogens is 1. The molecule has 23 heteroatoms. The third-order valence-corrected chi connectivity index (χ3v) is 14.9. The van der Waals surface area contributed by atoms with Crippen molar-refractivity contribution in [2.75, 3.05) is 70.5 Å². The van der Waals surface area contributed by atoms with Crippen molar-refractivity contribution in [3.05, 3.63) is 101 Å². The van der Waals surface area contributed by atoms with Crippen molar-refractivity contribution in [1.29, 1.82) is 0 Å². The number of anilines is 1. The number of hydrogen-bond acceptors (Lipinski definition) is 16. The number of aromatic amines is 1. The molecule has 0 spiro atoms. The Morgan fingerprint density at radius 3 is 2.49 bits per heavy atom. The summed E-state index contributed by atoms with van der Waals surface area (Å²) in [7, 11) is -4.18. The average molecular weight is 1060 g/mol. The van der Waals surface area contributed by atoms with Gasteiger partial charge >= 0.3 is 0 Å². The van der Waals surface area contributed by atoms with E-state index in [0.717, 1.165) is 27.8 Å². The van der Waals surface area contributed by atoms with E-state index in [1.807, 2.05) is 52.0 Å². The molecule has 2 fully saturated rings. The first kappa shape index (κ1) is 53.8. The largest absolute Gasteiger partial charge is 0.474 e. The first-order valence-corrected chi connectivity index (χ1v) is 26.6. The van der Waals surface area contributed by atoms with Crippen molar-refractivity contribution in [2.45, 2.75) is 76.8 Å². The van der Waals surface area contributed by atoms with E-state index in [1.54, 1.807) is 42.1 Å². The van der Waals surface area contributed by atoms with Crippen LogP contribution in [-0.2, 0) is 45.2 Å². The van der Waals surface area contributed by atoms with Gasteiger partial charge in [0, 0.05) is 50.4 Å². The number of β-amino-alcohol motifs (C(OH)–C–C–N with tert-alkyl or cyclic N) is 1. The van der Waals surface area contributed by atoms with Crippen molar-refractivity contribution < 1.29 is 51.2 Å². The van der Waals surface area contributed by atoms with Gasteiger partial charge in [0.2, 0.25) is 23.6 Å². The van der Waals surface area contributed by atoms with Crippen LogP contribution in [0.2, 0.25) is 0 Å². The number of thiazole rings is 1. The summed E-state index contributed by atoms with van der Waals surface area (Å²) in [6, 6.07) is 16.2. The Morgan fingerprint density at radius 2 is 1.74 bits per heavy atom. The van der Waals surface area contributed by atoms with Crippen molar-refractivity contribution in [3.8, 4) is 27.7 Å². The number of aryl methyl sites for hydroxylation is 2. The predicted molar refractivity (Wildman–Crippen MR) is 274 cm³/mol. The number of nitrogens with one attached hydrogen (secondary N) is 4. The normalized spacial score (nSPS) is 17.8. The topological polar surface area (TPSA) is 252 Å². The molecule has 74 heavy (non-hydrogen) atoms. The minimum absolute atomic E-state index is 0.0348. The molecule has 0 saturated carbocycles. The molecule has 2 aliphatic heterocycles. The summed E-state index contributed by atoms with van der Waals surface area (Å²) in [5, 5.41) is 23.8. The number of benzene rings is 3. The van der Waals surface area contributed by atoms with Crippen LogP contribution in [0.4, 0.5) is 10.1 Å². The Morgan fingerprint density at radius 1 is 0.986 bits per heavy atom. The molecule has 3 aromatic heterocycles. The first-order valence-electron chi connectivity index (χ1n) is 24.2. The molecular formula is C51H61FN10O10S2. The molecule has 8 rings (SSSR count). The van der Waals surface area contributed by atoms with Gasteiger partial charge in [-0.05, 0) is 72.4 Å². The lowest BCUT2D eigenvalue weighted by atomic mass is 9.85. The third kappa shape index (κ3) is 13.6. The quantitative estimate of drug-likeness (QED) is 0.0617. The molecule has 2 saturated heterocycles. The van der Waals surface area contributed by atoms with E-state index in [2.05, 4.69) is 45.4 Å². The number of carbonyl (C=O) groups excluding carboxylic acids is 3. The average Bonchev–Trinajstić information content (AvgIpc) is 4.14. The molecule has 5 N–H and O–H groups in total. The monoisotopic (exact) mass is 1060 g/mol. The molecule has 6 aromatic rings. The van der Waals surface area contributed by atoms with Gasteiger partial charge in [-0.1, -0.05) is 51.1 Å². The minimum Gasteiger partial charge on any atom is -0.474 e. The lowest BCUT2D eigenvalue weighted by Gasteiger charge is -2.35. The Bertz CT molecular complexity index is 3020. The van der Waals surface area contributed by atoms with Gasteiger partial charge in [0.1, 0.15) is 47.5 Å². The lowest BCUT2D eigenvalue weighted by molar-refractivity contribution is -0.144. The van der Waals surface area contributed by atoms with Crippen LogP contribution in [0.1, 0.15) is 44.0 Å².